The number of hydrogen-bond donors (Lipinski definition) is 1. The normalized spacial score (nSPS) is 19.0. The van der Waals surface area contributed by atoms with E-state index >= 15 is 0 Å². The van der Waals surface area contributed by atoms with E-state index in [0.29, 0.717) is 17.6 Å². The minimum absolute atomic E-state index is 0.00699. The first kappa shape index (κ1) is 11.9. The summed E-state index contributed by atoms with van der Waals surface area (Å²) in [7, 11) is 0. The maximum absolute atomic E-state index is 12.4. The molecule has 5 nitrogen and oxygen atoms in total. The van der Waals surface area contributed by atoms with E-state index in [1.54, 1.807) is 17.0 Å². The van der Waals surface area contributed by atoms with Gasteiger partial charge in [0.2, 0.25) is 0 Å². The molecular formula is C14H15N3O2. The minimum atomic E-state index is -0.414. The fraction of sp³-hybridized carbons (Fsp3) is 0.357. The maximum Gasteiger partial charge on any atom is 0.280 e. The molecule has 1 fully saturated rings. The summed E-state index contributed by atoms with van der Waals surface area (Å²) in [6.45, 7) is 2.70. The van der Waals surface area contributed by atoms with Gasteiger partial charge in [0.25, 0.3) is 11.5 Å². The van der Waals surface area contributed by atoms with Gasteiger partial charge in [-0.15, -0.1) is 0 Å². The molecule has 1 aliphatic rings. The Morgan fingerprint density at radius 1 is 1.42 bits per heavy atom. The molecular weight excluding hydrogens is 242 g/mol. The molecule has 1 saturated heterocycles. The van der Waals surface area contributed by atoms with Crippen molar-refractivity contribution in [2.75, 3.05) is 6.54 Å². The van der Waals surface area contributed by atoms with Crippen molar-refractivity contribution in [3.8, 4) is 0 Å². The molecule has 0 aliphatic carbocycles. The van der Waals surface area contributed by atoms with Gasteiger partial charge in [-0.05, 0) is 31.9 Å². The summed E-state index contributed by atoms with van der Waals surface area (Å²) in [5.74, 6) is -0.267. The quantitative estimate of drug-likeness (QED) is 0.842. The smallest absolute Gasteiger partial charge is 0.280 e. The number of rotatable bonds is 1. The van der Waals surface area contributed by atoms with Gasteiger partial charge < -0.3 is 9.88 Å². The Labute approximate surface area is 110 Å². The number of carbonyl (C=O) groups excluding carboxylic acids is 1. The number of H-pyrrole nitrogens is 1. The Bertz CT molecular complexity index is 692. The van der Waals surface area contributed by atoms with Crippen LogP contribution in [-0.2, 0) is 0 Å². The summed E-state index contributed by atoms with van der Waals surface area (Å²) in [6.07, 6.45) is 1.97. The molecule has 1 N–H and O–H groups in total. The summed E-state index contributed by atoms with van der Waals surface area (Å²) in [4.78, 5) is 33.0. The lowest BCUT2D eigenvalue weighted by atomic mass is 10.2. The molecule has 2 heterocycles. The first-order valence-electron chi connectivity index (χ1n) is 6.47. The van der Waals surface area contributed by atoms with Crippen molar-refractivity contribution in [1.29, 1.82) is 0 Å². The molecule has 19 heavy (non-hydrogen) atoms. The van der Waals surface area contributed by atoms with Crippen LogP contribution in [0.15, 0.2) is 29.1 Å². The van der Waals surface area contributed by atoms with Crippen LogP contribution in [-0.4, -0.2) is 33.4 Å². The number of nitrogens with zero attached hydrogens (tertiary/aromatic N) is 2. The van der Waals surface area contributed by atoms with Crippen LogP contribution in [0.4, 0.5) is 0 Å². The second kappa shape index (κ2) is 4.50. The van der Waals surface area contributed by atoms with E-state index in [1.807, 2.05) is 19.1 Å². The van der Waals surface area contributed by atoms with E-state index in [1.165, 1.54) is 0 Å². The van der Waals surface area contributed by atoms with Gasteiger partial charge in [-0.2, -0.15) is 0 Å². The van der Waals surface area contributed by atoms with Gasteiger partial charge in [0.05, 0.1) is 11.0 Å². The van der Waals surface area contributed by atoms with Gasteiger partial charge in [0, 0.05) is 12.6 Å². The fourth-order valence-corrected chi connectivity index (χ4v) is 2.55. The van der Waals surface area contributed by atoms with Crippen molar-refractivity contribution in [3.05, 3.63) is 40.3 Å². The third kappa shape index (κ3) is 2.01. The van der Waals surface area contributed by atoms with Gasteiger partial charge in [-0.3, -0.25) is 9.59 Å². The fourth-order valence-electron chi connectivity index (χ4n) is 2.55. The Morgan fingerprint density at radius 3 is 2.95 bits per heavy atom. The molecule has 0 unspecified atom stereocenters. The van der Waals surface area contributed by atoms with Crippen LogP contribution in [0, 0.1) is 0 Å². The van der Waals surface area contributed by atoms with Crippen LogP contribution >= 0.6 is 0 Å². The highest BCUT2D eigenvalue weighted by molar-refractivity contribution is 5.94. The third-order valence-corrected chi connectivity index (χ3v) is 3.62. The maximum atomic E-state index is 12.4. The van der Waals surface area contributed by atoms with Crippen molar-refractivity contribution in [3.63, 3.8) is 0 Å². The number of amides is 1. The molecule has 0 radical (unpaired) electrons. The van der Waals surface area contributed by atoms with Crippen LogP contribution in [0.3, 0.4) is 0 Å². The predicted molar refractivity (Wildman–Crippen MR) is 72.1 cm³/mol. The van der Waals surface area contributed by atoms with Gasteiger partial charge in [0.15, 0.2) is 5.69 Å². The number of para-hydroxylation sites is 2. The number of benzene rings is 1. The topological polar surface area (TPSA) is 66.1 Å². The molecule has 1 aromatic carbocycles. The van der Waals surface area contributed by atoms with E-state index in [9.17, 15) is 9.59 Å². The largest absolute Gasteiger partial charge is 0.334 e. The molecule has 2 aromatic rings. The summed E-state index contributed by atoms with van der Waals surface area (Å²) in [5.41, 5.74) is 0.867. The number of aromatic nitrogens is 2. The monoisotopic (exact) mass is 257 g/mol. The average molecular weight is 257 g/mol. The first-order valence-corrected chi connectivity index (χ1v) is 6.47. The summed E-state index contributed by atoms with van der Waals surface area (Å²) < 4.78 is 0. The Balaban J connectivity index is 2.07. The van der Waals surface area contributed by atoms with Crippen LogP contribution in [0.5, 0.6) is 0 Å². The zero-order chi connectivity index (χ0) is 13.4. The van der Waals surface area contributed by atoms with E-state index < -0.39 is 5.56 Å². The third-order valence-electron chi connectivity index (χ3n) is 3.62. The van der Waals surface area contributed by atoms with Gasteiger partial charge in [0.1, 0.15) is 0 Å². The van der Waals surface area contributed by atoms with E-state index in [2.05, 4.69) is 9.97 Å². The molecule has 5 heteroatoms. The number of carbonyl (C=O) groups is 1. The molecule has 1 aromatic heterocycles. The van der Waals surface area contributed by atoms with Crippen LogP contribution in [0.2, 0.25) is 0 Å². The van der Waals surface area contributed by atoms with Crippen molar-refractivity contribution in [2.45, 2.75) is 25.8 Å². The Morgan fingerprint density at radius 2 is 2.21 bits per heavy atom. The molecule has 1 amide bonds. The van der Waals surface area contributed by atoms with Crippen LogP contribution < -0.4 is 5.56 Å². The molecule has 98 valence electrons. The van der Waals surface area contributed by atoms with Gasteiger partial charge in [-0.25, -0.2) is 4.98 Å². The lowest BCUT2D eigenvalue weighted by Gasteiger charge is -2.20. The molecule has 0 spiro atoms. The first-order chi connectivity index (χ1) is 9.16. The van der Waals surface area contributed by atoms with Crippen molar-refractivity contribution in [2.24, 2.45) is 0 Å². The van der Waals surface area contributed by atoms with Gasteiger partial charge in [-0.1, -0.05) is 12.1 Å². The van der Waals surface area contributed by atoms with Crippen molar-refractivity contribution >= 4 is 16.9 Å². The van der Waals surface area contributed by atoms with E-state index in [0.717, 1.165) is 12.8 Å². The molecule has 3 rings (SSSR count). The highest BCUT2D eigenvalue weighted by Gasteiger charge is 2.28. The summed E-state index contributed by atoms with van der Waals surface area (Å²) >= 11 is 0. The predicted octanol–water partition coefficient (Wildman–Crippen LogP) is 1.55. The van der Waals surface area contributed by atoms with Crippen LogP contribution in [0.25, 0.3) is 11.0 Å². The highest BCUT2D eigenvalue weighted by Crippen LogP contribution is 2.18. The van der Waals surface area contributed by atoms with Crippen LogP contribution in [0.1, 0.15) is 30.3 Å². The SMILES string of the molecule is C[C@H]1CCCN1C(=O)c1nc2ccccc2[nH]c1=O. The molecule has 1 aliphatic heterocycles. The minimum Gasteiger partial charge on any atom is -0.334 e. The van der Waals surface area contributed by atoms with E-state index in [4.69, 9.17) is 0 Å². The lowest BCUT2D eigenvalue weighted by Crippen LogP contribution is -2.37. The number of aromatic amines is 1. The number of hydrogen-bond acceptors (Lipinski definition) is 3. The molecule has 1 atom stereocenters. The number of fused-ring (bicyclic) bond motifs is 1. The zero-order valence-electron chi connectivity index (χ0n) is 10.7. The number of nitrogens with one attached hydrogen (secondary N) is 1. The zero-order valence-corrected chi connectivity index (χ0v) is 10.7. The van der Waals surface area contributed by atoms with Crippen molar-refractivity contribution < 1.29 is 4.79 Å². The van der Waals surface area contributed by atoms with E-state index in [-0.39, 0.29) is 17.6 Å². The lowest BCUT2D eigenvalue weighted by molar-refractivity contribution is 0.0740. The Kier molecular flexibility index (Phi) is 2.81. The summed E-state index contributed by atoms with van der Waals surface area (Å²) in [6, 6.07) is 7.40. The standard InChI is InChI=1S/C14H15N3O2/c1-9-5-4-8-17(9)14(19)12-13(18)16-11-7-3-2-6-10(11)15-12/h2-3,6-7,9H,4-5,8H2,1H3,(H,16,18)/t9-/m0/s1. The second-order valence-electron chi connectivity index (χ2n) is 4.92. The molecule has 0 bridgehead atoms. The van der Waals surface area contributed by atoms with Gasteiger partial charge >= 0.3 is 0 Å². The Hall–Kier alpha value is -2.17. The van der Waals surface area contributed by atoms with Crippen molar-refractivity contribution in [1.82, 2.24) is 14.9 Å². The summed E-state index contributed by atoms with van der Waals surface area (Å²) in [5, 5.41) is 0. The number of likely N-dealkylation sites (tertiary alicyclic amines) is 1. The second-order valence-corrected chi connectivity index (χ2v) is 4.92. The average Bonchev–Trinajstić information content (AvgIpc) is 2.83. The molecule has 0 saturated carbocycles. The highest BCUT2D eigenvalue weighted by atomic mass is 16.2.